The van der Waals surface area contributed by atoms with Gasteiger partial charge in [0, 0.05) is 5.41 Å². The number of carboxylic acid groups (broad SMARTS) is 1. The molecule has 0 saturated heterocycles. The zero-order valence-electron chi connectivity index (χ0n) is 16.3. The van der Waals surface area contributed by atoms with E-state index in [-0.39, 0.29) is 11.3 Å². The van der Waals surface area contributed by atoms with E-state index in [1.165, 1.54) is 0 Å². The minimum Gasteiger partial charge on any atom is -0.478 e. The highest BCUT2D eigenvalue weighted by Gasteiger charge is 2.54. The first-order chi connectivity index (χ1) is 13.4. The molecule has 0 aliphatic heterocycles. The number of hydrogen-bond donors (Lipinski definition) is 3. The second-order valence-electron chi connectivity index (χ2n) is 8.49. The molecule has 2 aromatic carbocycles. The summed E-state index contributed by atoms with van der Waals surface area (Å²) in [5, 5.41) is 32.0. The van der Waals surface area contributed by atoms with E-state index in [0.29, 0.717) is 18.4 Å². The molecule has 4 heteroatoms. The van der Waals surface area contributed by atoms with Gasteiger partial charge in [-0.1, -0.05) is 43.3 Å². The lowest BCUT2D eigenvalue weighted by Gasteiger charge is -2.52. The third-order valence-corrected chi connectivity index (χ3v) is 7.24. The monoisotopic (exact) mass is 380 g/mol. The van der Waals surface area contributed by atoms with Crippen molar-refractivity contribution in [3.8, 4) is 0 Å². The maximum atomic E-state index is 11.5. The van der Waals surface area contributed by atoms with Gasteiger partial charge >= 0.3 is 5.97 Å². The molecule has 1 fully saturated rings. The highest BCUT2D eigenvalue weighted by Crippen LogP contribution is 2.55. The number of aryl methyl sites for hydroxylation is 1. The number of aromatic carboxylic acids is 1. The fourth-order valence-electron chi connectivity index (χ4n) is 5.71. The summed E-state index contributed by atoms with van der Waals surface area (Å²) >= 11 is 0. The predicted molar refractivity (Wildman–Crippen MR) is 107 cm³/mol. The molecule has 28 heavy (non-hydrogen) atoms. The van der Waals surface area contributed by atoms with Gasteiger partial charge in [0.2, 0.25) is 0 Å². The van der Waals surface area contributed by atoms with Crippen LogP contribution in [0, 0.1) is 5.92 Å². The van der Waals surface area contributed by atoms with Crippen molar-refractivity contribution in [2.45, 2.75) is 62.6 Å². The number of carboxylic acids is 1. The molecule has 0 heterocycles. The van der Waals surface area contributed by atoms with E-state index in [1.807, 2.05) is 42.5 Å². The summed E-state index contributed by atoms with van der Waals surface area (Å²) in [7, 11) is 0. The van der Waals surface area contributed by atoms with Gasteiger partial charge in [0.15, 0.2) is 0 Å². The van der Waals surface area contributed by atoms with Gasteiger partial charge in [-0.05, 0) is 73.3 Å². The zero-order chi connectivity index (χ0) is 19.9. The fraction of sp³-hybridized carbons (Fsp3) is 0.458. The first-order valence-corrected chi connectivity index (χ1v) is 10.2. The van der Waals surface area contributed by atoms with Crippen molar-refractivity contribution in [2.75, 3.05) is 0 Å². The lowest BCUT2D eigenvalue weighted by Crippen LogP contribution is -2.54. The molecule has 148 valence electrons. The van der Waals surface area contributed by atoms with Crippen LogP contribution in [0.3, 0.4) is 0 Å². The van der Waals surface area contributed by atoms with E-state index in [0.717, 1.165) is 42.4 Å². The van der Waals surface area contributed by atoms with Crippen molar-refractivity contribution in [3.05, 3.63) is 70.8 Å². The molecule has 2 aliphatic carbocycles. The Morgan fingerprint density at radius 3 is 2.57 bits per heavy atom. The summed E-state index contributed by atoms with van der Waals surface area (Å²) in [5.74, 6) is -0.667. The maximum Gasteiger partial charge on any atom is 0.335 e. The quantitative estimate of drug-likeness (QED) is 0.751. The Morgan fingerprint density at radius 2 is 1.89 bits per heavy atom. The molecule has 0 spiro atoms. The lowest BCUT2D eigenvalue weighted by atomic mass is 9.55. The van der Waals surface area contributed by atoms with E-state index >= 15 is 0 Å². The van der Waals surface area contributed by atoms with Gasteiger partial charge in [-0.2, -0.15) is 0 Å². The topological polar surface area (TPSA) is 77.8 Å². The number of rotatable bonds is 3. The highest BCUT2D eigenvalue weighted by atomic mass is 16.4. The van der Waals surface area contributed by atoms with Crippen molar-refractivity contribution in [1.82, 2.24) is 0 Å². The van der Waals surface area contributed by atoms with Crippen LogP contribution in [0.25, 0.3) is 0 Å². The SMILES string of the molecule is CC[C@@]12C[C@@H](O)[C@](O)(c3ccccc3)C[C@@H]1CCCc1cc(C(=O)O)ccc12. The Hall–Kier alpha value is -2.17. The van der Waals surface area contributed by atoms with E-state index in [2.05, 4.69) is 6.92 Å². The van der Waals surface area contributed by atoms with Crippen LogP contribution >= 0.6 is 0 Å². The van der Waals surface area contributed by atoms with Crippen LogP contribution in [0.5, 0.6) is 0 Å². The molecular weight excluding hydrogens is 352 g/mol. The van der Waals surface area contributed by atoms with Crippen molar-refractivity contribution in [2.24, 2.45) is 5.92 Å². The van der Waals surface area contributed by atoms with Crippen LogP contribution < -0.4 is 0 Å². The number of carbonyl (C=O) groups is 1. The second kappa shape index (κ2) is 7.02. The van der Waals surface area contributed by atoms with Crippen molar-refractivity contribution < 1.29 is 20.1 Å². The second-order valence-corrected chi connectivity index (χ2v) is 8.49. The summed E-state index contributed by atoms with van der Waals surface area (Å²) in [6.45, 7) is 2.15. The fourth-order valence-corrected chi connectivity index (χ4v) is 5.71. The molecule has 4 atom stereocenters. The van der Waals surface area contributed by atoms with Crippen LogP contribution in [-0.4, -0.2) is 27.4 Å². The Balaban J connectivity index is 1.79. The Kier molecular flexibility index (Phi) is 4.80. The minimum absolute atomic E-state index is 0.233. The van der Waals surface area contributed by atoms with E-state index < -0.39 is 17.7 Å². The lowest BCUT2D eigenvalue weighted by molar-refractivity contribution is -0.144. The molecule has 4 nitrogen and oxygen atoms in total. The number of hydrogen-bond acceptors (Lipinski definition) is 3. The molecule has 0 amide bonds. The zero-order valence-corrected chi connectivity index (χ0v) is 16.3. The Labute approximate surface area is 165 Å². The summed E-state index contributed by atoms with van der Waals surface area (Å²) < 4.78 is 0. The van der Waals surface area contributed by atoms with Crippen LogP contribution in [0.15, 0.2) is 48.5 Å². The smallest absolute Gasteiger partial charge is 0.335 e. The van der Waals surface area contributed by atoms with Gasteiger partial charge in [0.1, 0.15) is 5.60 Å². The molecule has 0 bridgehead atoms. The average molecular weight is 380 g/mol. The largest absolute Gasteiger partial charge is 0.478 e. The summed E-state index contributed by atoms with van der Waals surface area (Å²) in [6, 6.07) is 15.0. The first kappa shape index (κ1) is 19.2. The van der Waals surface area contributed by atoms with Crippen LogP contribution in [0.2, 0.25) is 0 Å². The molecule has 1 saturated carbocycles. The molecule has 4 rings (SSSR count). The van der Waals surface area contributed by atoms with Gasteiger partial charge in [0.25, 0.3) is 0 Å². The first-order valence-electron chi connectivity index (χ1n) is 10.2. The van der Waals surface area contributed by atoms with Crippen molar-refractivity contribution in [1.29, 1.82) is 0 Å². The van der Waals surface area contributed by atoms with E-state index in [9.17, 15) is 20.1 Å². The average Bonchev–Trinajstić information content (AvgIpc) is 2.85. The predicted octanol–water partition coefficient (Wildman–Crippen LogP) is 4.03. The summed E-state index contributed by atoms with van der Waals surface area (Å²) in [5.41, 5.74) is 1.87. The molecule has 2 aromatic rings. The molecule has 0 unspecified atom stereocenters. The molecule has 2 aliphatic rings. The van der Waals surface area contributed by atoms with Crippen LogP contribution in [0.1, 0.15) is 66.1 Å². The van der Waals surface area contributed by atoms with Crippen molar-refractivity contribution >= 4 is 5.97 Å². The van der Waals surface area contributed by atoms with Gasteiger partial charge in [-0.3, -0.25) is 0 Å². The molecular formula is C24H28O4. The van der Waals surface area contributed by atoms with E-state index in [1.54, 1.807) is 6.07 Å². The number of fused-ring (bicyclic) bond motifs is 3. The molecule has 0 aromatic heterocycles. The number of benzene rings is 2. The van der Waals surface area contributed by atoms with E-state index in [4.69, 9.17) is 0 Å². The normalized spacial score (nSPS) is 32.1. The van der Waals surface area contributed by atoms with Crippen LogP contribution in [0.4, 0.5) is 0 Å². The van der Waals surface area contributed by atoms with Crippen molar-refractivity contribution in [3.63, 3.8) is 0 Å². The molecule has 0 radical (unpaired) electrons. The number of aliphatic hydroxyl groups excluding tert-OH is 1. The van der Waals surface area contributed by atoms with Gasteiger partial charge in [0.05, 0.1) is 11.7 Å². The number of aliphatic hydroxyl groups is 2. The highest BCUT2D eigenvalue weighted by molar-refractivity contribution is 5.88. The minimum atomic E-state index is -1.24. The van der Waals surface area contributed by atoms with Gasteiger partial charge in [-0.25, -0.2) is 4.79 Å². The maximum absolute atomic E-state index is 11.5. The third kappa shape index (κ3) is 2.87. The molecule has 3 N–H and O–H groups in total. The van der Waals surface area contributed by atoms with Gasteiger partial charge in [-0.15, -0.1) is 0 Å². The third-order valence-electron chi connectivity index (χ3n) is 7.24. The standard InChI is InChI=1S/C24H28O4/c1-2-23-15-21(25)24(28,18-8-4-3-5-9-18)14-19(23)10-6-7-16-13-17(22(26)27)11-12-20(16)23/h3-5,8-9,11-13,19,21,25,28H,2,6-7,10,14-15H2,1H3,(H,26,27)/t19-,21+,23+,24+/m0/s1. The summed E-state index contributed by atoms with van der Waals surface area (Å²) in [6.07, 6.45) is 3.77. The Morgan fingerprint density at radius 1 is 1.14 bits per heavy atom. The van der Waals surface area contributed by atoms with Crippen LogP contribution in [-0.2, 0) is 17.4 Å². The Bertz CT molecular complexity index is 877. The summed E-state index contributed by atoms with van der Waals surface area (Å²) in [4.78, 5) is 11.4. The van der Waals surface area contributed by atoms with Gasteiger partial charge < -0.3 is 15.3 Å².